The van der Waals surface area contributed by atoms with Gasteiger partial charge in [0.1, 0.15) is 5.71 Å². The predicted molar refractivity (Wildman–Crippen MR) is 99.8 cm³/mol. The molecule has 2 saturated heterocycles. The van der Waals surface area contributed by atoms with Gasteiger partial charge in [-0.1, -0.05) is 11.2 Å². The highest BCUT2D eigenvalue weighted by atomic mass is 32.2. The lowest BCUT2D eigenvalue weighted by Gasteiger charge is -2.38. The maximum Gasteiger partial charge on any atom is 0.269 e. The molecular weight excluding hydrogens is 368 g/mol. The van der Waals surface area contributed by atoms with Crippen molar-refractivity contribution in [3.8, 4) is 0 Å². The number of amides is 1. The Kier molecular flexibility index (Phi) is 4.90. The van der Waals surface area contributed by atoms with Crippen LogP contribution in [0.5, 0.6) is 0 Å². The molecule has 8 nitrogen and oxygen atoms in total. The summed E-state index contributed by atoms with van der Waals surface area (Å²) in [4.78, 5) is 24.9. The standard InChI is InChI=1S/C18H24N4O4S/c23-17(20-15-5-9-27(24,25)12-15)16-10-18(26-21-16)6-3-8-22(13-18)11-14-4-1-2-7-19-14/h1-2,4,7,15H,3,5-6,8-13H2,(H,20,23)/t15-,18-/m0/s1. The largest absolute Gasteiger partial charge is 0.387 e. The first-order valence-electron chi connectivity index (χ1n) is 9.32. The molecule has 1 N–H and O–H groups in total. The number of hydrogen-bond donors (Lipinski definition) is 1. The number of oxime groups is 1. The molecule has 27 heavy (non-hydrogen) atoms. The van der Waals surface area contributed by atoms with Crippen molar-refractivity contribution in [1.29, 1.82) is 0 Å². The number of hydrogen-bond acceptors (Lipinski definition) is 7. The van der Waals surface area contributed by atoms with Gasteiger partial charge in [-0.15, -0.1) is 0 Å². The van der Waals surface area contributed by atoms with Crippen molar-refractivity contribution >= 4 is 21.5 Å². The fourth-order valence-corrected chi connectivity index (χ4v) is 5.76. The van der Waals surface area contributed by atoms with Crippen LogP contribution in [0.25, 0.3) is 0 Å². The lowest BCUT2D eigenvalue weighted by Crippen LogP contribution is -2.49. The van der Waals surface area contributed by atoms with Gasteiger partial charge in [0.05, 0.1) is 17.2 Å². The molecule has 9 heteroatoms. The molecule has 2 fully saturated rings. The molecule has 3 aliphatic rings. The molecule has 4 heterocycles. The highest BCUT2D eigenvalue weighted by Gasteiger charge is 2.45. The van der Waals surface area contributed by atoms with Gasteiger partial charge in [-0.25, -0.2) is 8.42 Å². The van der Waals surface area contributed by atoms with Crippen LogP contribution in [-0.4, -0.2) is 66.2 Å². The number of nitrogens with one attached hydrogen (secondary N) is 1. The van der Waals surface area contributed by atoms with E-state index in [1.54, 1.807) is 6.20 Å². The summed E-state index contributed by atoms with van der Waals surface area (Å²) in [6.45, 7) is 2.40. The minimum absolute atomic E-state index is 0.00980. The van der Waals surface area contributed by atoms with E-state index in [-0.39, 0.29) is 23.5 Å². The summed E-state index contributed by atoms with van der Waals surface area (Å²) in [5.74, 6) is -0.167. The van der Waals surface area contributed by atoms with Gasteiger partial charge in [0.15, 0.2) is 15.4 Å². The van der Waals surface area contributed by atoms with Crippen molar-refractivity contribution in [3.63, 3.8) is 0 Å². The van der Waals surface area contributed by atoms with E-state index in [1.807, 2.05) is 18.2 Å². The minimum Gasteiger partial charge on any atom is -0.387 e. The Morgan fingerprint density at radius 1 is 1.41 bits per heavy atom. The second-order valence-corrected chi connectivity index (χ2v) is 9.93. The van der Waals surface area contributed by atoms with Crippen LogP contribution in [-0.2, 0) is 26.0 Å². The topological polar surface area (TPSA) is 101 Å². The summed E-state index contributed by atoms with van der Waals surface area (Å²) in [5, 5.41) is 6.84. The van der Waals surface area contributed by atoms with E-state index in [1.165, 1.54) is 0 Å². The summed E-state index contributed by atoms with van der Waals surface area (Å²) in [7, 11) is -3.03. The van der Waals surface area contributed by atoms with Gasteiger partial charge in [0.25, 0.3) is 5.91 Å². The van der Waals surface area contributed by atoms with Gasteiger partial charge < -0.3 is 10.2 Å². The van der Waals surface area contributed by atoms with E-state index in [9.17, 15) is 13.2 Å². The van der Waals surface area contributed by atoms with Crippen LogP contribution in [0.1, 0.15) is 31.4 Å². The SMILES string of the molecule is O=C(N[C@H]1CCS(=O)(=O)C1)C1=NO[C@@]2(CCCN(Cc3ccccn3)C2)C1. The minimum atomic E-state index is -3.03. The maximum absolute atomic E-state index is 12.5. The Balaban J connectivity index is 1.34. The molecule has 0 aromatic carbocycles. The van der Waals surface area contributed by atoms with E-state index in [4.69, 9.17) is 4.84 Å². The third kappa shape index (κ3) is 4.30. The number of rotatable bonds is 4. The predicted octanol–water partition coefficient (Wildman–Crippen LogP) is 0.496. The van der Waals surface area contributed by atoms with Crippen molar-refractivity contribution in [3.05, 3.63) is 30.1 Å². The third-order valence-corrected chi connectivity index (χ3v) is 7.17. The molecule has 1 aromatic heterocycles. The van der Waals surface area contributed by atoms with Crippen LogP contribution in [0.3, 0.4) is 0 Å². The number of sulfone groups is 1. The van der Waals surface area contributed by atoms with Crippen LogP contribution in [0.4, 0.5) is 0 Å². The second kappa shape index (κ2) is 7.20. The Morgan fingerprint density at radius 3 is 3.04 bits per heavy atom. The van der Waals surface area contributed by atoms with Gasteiger partial charge in [-0.3, -0.25) is 14.7 Å². The zero-order valence-electron chi connectivity index (χ0n) is 15.1. The Bertz CT molecular complexity index is 842. The lowest BCUT2D eigenvalue weighted by molar-refractivity contribution is -0.115. The number of pyridine rings is 1. The third-order valence-electron chi connectivity index (χ3n) is 5.40. The van der Waals surface area contributed by atoms with Gasteiger partial charge in [-0.05, 0) is 37.9 Å². The van der Waals surface area contributed by atoms with Crippen LogP contribution < -0.4 is 5.32 Å². The molecule has 1 spiro atoms. The van der Waals surface area contributed by atoms with E-state index in [2.05, 4.69) is 20.4 Å². The zero-order chi connectivity index (χ0) is 18.9. The molecule has 0 unspecified atom stereocenters. The smallest absolute Gasteiger partial charge is 0.269 e. The van der Waals surface area contributed by atoms with Crippen molar-refractivity contribution in [1.82, 2.24) is 15.2 Å². The molecule has 4 rings (SSSR count). The molecule has 3 aliphatic heterocycles. The van der Waals surface area contributed by atoms with Crippen LogP contribution in [0.2, 0.25) is 0 Å². The first kappa shape index (κ1) is 18.4. The maximum atomic E-state index is 12.5. The van der Waals surface area contributed by atoms with Crippen LogP contribution in [0.15, 0.2) is 29.6 Å². The Hall–Kier alpha value is -2.00. The summed E-state index contributed by atoms with van der Waals surface area (Å²) in [5.41, 5.74) is 0.898. The molecule has 0 bridgehead atoms. The second-order valence-electron chi connectivity index (χ2n) is 7.70. The molecule has 2 atom stereocenters. The van der Waals surface area contributed by atoms with Gasteiger partial charge >= 0.3 is 0 Å². The highest BCUT2D eigenvalue weighted by Crippen LogP contribution is 2.34. The van der Waals surface area contributed by atoms with E-state index >= 15 is 0 Å². The van der Waals surface area contributed by atoms with E-state index in [0.29, 0.717) is 25.1 Å². The Morgan fingerprint density at radius 2 is 2.30 bits per heavy atom. The average molecular weight is 392 g/mol. The first-order valence-corrected chi connectivity index (χ1v) is 11.1. The molecule has 1 aromatic rings. The van der Waals surface area contributed by atoms with E-state index < -0.39 is 15.4 Å². The number of nitrogens with zero attached hydrogens (tertiary/aromatic N) is 3. The summed E-state index contributed by atoms with van der Waals surface area (Å²) < 4.78 is 23.1. The number of carbonyl (C=O) groups is 1. The Labute approximate surface area is 158 Å². The molecule has 1 amide bonds. The number of likely N-dealkylation sites (tertiary alicyclic amines) is 1. The summed E-state index contributed by atoms with van der Waals surface area (Å²) in [6, 6.07) is 5.55. The lowest BCUT2D eigenvalue weighted by atomic mass is 9.88. The quantitative estimate of drug-likeness (QED) is 0.801. The van der Waals surface area contributed by atoms with Crippen molar-refractivity contribution in [2.75, 3.05) is 24.6 Å². The van der Waals surface area contributed by atoms with Crippen molar-refractivity contribution in [2.45, 2.75) is 43.9 Å². The molecule has 0 saturated carbocycles. The zero-order valence-corrected chi connectivity index (χ0v) is 16.0. The van der Waals surface area contributed by atoms with Crippen molar-refractivity contribution < 1.29 is 18.0 Å². The fourth-order valence-electron chi connectivity index (χ4n) is 4.09. The molecule has 146 valence electrons. The first-order chi connectivity index (χ1) is 12.9. The number of piperidine rings is 1. The molecule has 0 radical (unpaired) electrons. The van der Waals surface area contributed by atoms with Crippen LogP contribution >= 0.6 is 0 Å². The fraction of sp³-hybridized carbons (Fsp3) is 0.611. The number of carbonyl (C=O) groups excluding carboxylic acids is 1. The highest BCUT2D eigenvalue weighted by molar-refractivity contribution is 7.91. The van der Waals surface area contributed by atoms with E-state index in [0.717, 1.165) is 31.6 Å². The van der Waals surface area contributed by atoms with Crippen LogP contribution in [0, 0.1) is 0 Å². The van der Waals surface area contributed by atoms with Crippen molar-refractivity contribution in [2.24, 2.45) is 5.16 Å². The summed E-state index contributed by atoms with van der Waals surface area (Å²) in [6.07, 6.45) is 4.53. The number of aromatic nitrogens is 1. The monoisotopic (exact) mass is 392 g/mol. The summed E-state index contributed by atoms with van der Waals surface area (Å²) >= 11 is 0. The van der Waals surface area contributed by atoms with Gasteiger partial charge in [0, 0.05) is 31.7 Å². The molecular formula is C18H24N4O4S. The van der Waals surface area contributed by atoms with Gasteiger partial charge in [-0.2, -0.15) is 0 Å². The average Bonchev–Trinajstić information content (AvgIpc) is 3.19. The van der Waals surface area contributed by atoms with Gasteiger partial charge in [0.2, 0.25) is 0 Å². The molecule has 0 aliphatic carbocycles. The normalized spacial score (nSPS) is 30.1.